The molecule has 8 nitrogen and oxygen atoms in total. The lowest BCUT2D eigenvalue weighted by Crippen LogP contribution is -2.50. The number of nitrogens with zero attached hydrogens (tertiary/aromatic N) is 1. The maximum Gasteiger partial charge on any atom is 0.231 e. The van der Waals surface area contributed by atoms with Gasteiger partial charge in [0.15, 0.2) is 0 Å². The van der Waals surface area contributed by atoms with Crippen LogP contribution in [0, 0.1) is 5.82 Å². The molecular formula is C27H34FN3O5S. The minimum atomic E-state index is -3.52. The van der Waals surface area contributed by atoms with Crippen molar-refractivity contribution in [1.29, 1.82) is 0 Å². The number of hydroxylamine groups is 1. The molecule has 1 unspecified atom stereocenters. The smallest absolute Gasteiger partial charge is 0.231 e. The Morgan fingerprint density at radius 2 is 1.76 bits per heavy atom. The molecule has 0 radical (unpaired) electrons. The summed E-state index contributed by atoms with van der Waals surface area (Å²) in [6.45, 7) is 1.79. The van der Waals surface area contributed by atoms with Crippen LogP contribution in [0.2, 0.25) is 0 Å². The average Bonchev–Trinajstić information content (AvgIpc) is 2.87. The summed E-state index contributed by atoms with van der Waals surface area (Å²) >= 11 is 0. The summed E-state index contributed by atoms with van der Waals surface area (Å²) in [5, 5.41) is 9.90. The van der Waals surface area contributed by atoms with Gasteiger partial charge in [-0.2, -0.15) is 0 Å². The van der Waals surface area contributed by atoms with E-state index in [1.54, 1.807) is 30.3 Å². The Morgan fingerprint density at radius 1 is 1.08 bits per heavy atom. The molecule has 0 fully saturated rings. The van der Waals surface area contributed by atoms with Crippen LogP contribution in [0.25, 0.3) is 0 Å². The predicted molar refractivity (Wildman–Crippen MR) is 142 cm³/mol. The average molecular weight is 532 g/mol. The van der Waals surface area contributed by atoms with E-state index >= 15 is 0 Å². The fourth-order valence-corrected chi connectivity index (χ4v) is 4.15. The van der Waals surface area contributed by atoms with Crippen molar-refractivity contribution in [3.05, 3.63) is 95.3 Å². The quantitative estimate of drug-likeness (QED) is 0.290. The monoisotopic (exact) mass is 531 g/mol. The third kappa shape index (κ3) is 8.51. The van der Waals surface area contributed by atoms with E-state index in [-0.39, 0.29) is 31.7 Å². The highest BCUT2D eigenvalue weighted by atomic mass is 32.2. The van der Waals surface area contributed by atoms with Crippen molar-refractivity contribution >= 4 is 15.7 Å². The van der Waals surface area contributed by atoms with E-state index in [0.717, 1.165) is 21.7 Å². The lowest BCUT2D eigenvalue weighted by molar-refractivity contribution is 0.0456. The number of ether oxygens (including phenoxy) is 1. The highest BCUT2D eigenvalue weighted by Gasteiger charge is 2.25. The largest absolute Gasteiger partial charge is 0.408 e. The molecule has 0 aliphatic heterocycles. The maximum absolute atomic E-state index is 13.2. The van der Waals surface area contributed by atoms with Crippen molar-refractivity contribution in [3.63, 3.8) is 0 Å². The predicted octanol–water partition coefficient (Wildman–Crippen LogP) is 3.32. The molecule has 3 aromatic rings. The van der Waals surface area contributed by atoms with Crippen LogP contribution in [-0.2, 0) is 27.8 Å². The number of nitrogens with two attached hydrogens (primary N) is 1. The zero-order valence-electron chi connectivity index (χ0n) is 21.2. The number of hydrogen-bond donors (Lipinski definition) is 3. The van der Waals surface area contributed by atoms with Crippen LogP contribution >= 0.6 is 0 Å². The first-order valence-electron chi connectivity index (χ1n) is 11.8. The van der Waals surface area contributed by atoms with Crippen molar-refractivity contribution < 1.29 is 27.5 Å². The van der Waals surface area contributed by atoms with E-state index < -0.39 is 15.6 Å². The molecule has 3 rings (SSSR count). The lowest BCUT2D eigenvalue weighted by Gasteiger charge is -2.27. The highest BCUT2D eigenvalue weighted by molar-refractivity contribution is 7.92. The van der Waals surface area contributed by atoms with Gasteiger partial charge in [-0.05, 0) is 54.3 Å². The molecule has 0 heterocycles. The lowest BCUT2D eigenvalue weighted by atomic mass is 9.93. The summed E-state index contributed by atoms with van der Waals surface area (Å²) in [5.41, 5.74) is 11.1. The van der Waals surface area contributed by atoms with E-state index in [4.69, 9.17) is 15.3 Å². The standard InChI is InChI=1S/C27H34FN3O5S/c1-20(23-9-11-24(28)12-10-23)30-36-26-14-22(13-25(15-26)31(2)37(3,33)34)17-35-19-27(29,18-32)16-21-7-5-4-6-8-21/h4-15,20,30,32H,16-19,29H2,1-3H3/t20-,27?/m1/s1. The summed E-state index contributed by atoms with van der Waals surface area (Å²) in [5.74, 6) is 0.0375. The normalized spacial score (nSPS) is 14.1. The van der Waals surface area contributed by atoms with Crippen LogP contribution in [-0.4, -0.2) is 45.6 Å². The zero-order chi connectivity index (χ0) is 27.1. The Hall–Kier alpha value is -3.02. The van der Waals surface area contributed by atoms with E-state index in [2.05, 4.69) is 5.48 Å². The second-order valence-corrected chi connectivity index (χ2v) is 11.2. The van der Waals surface area contributed by atoms with Crippen molar-refractivity contribution in [2.24, 2.45) is 5.73 Å². The Morgan fingerprint density at radius 3 is 2.38 bits per heavy atom. The third-order valence-electron chi connectivity index (χ3n) is 5.91. The molecule has 0 aliphatic carbocycles. The van der Waals surface area contributed by atoms with E-state index in [1.165, 1.54) is 19.2 Å². The summed E-state index contributed by atoms with van der Waals surface area (Å²) in [6.07, 6.45) is 1.54. The number of hydrogen-bond acceptors (Lipinski definition) is 7. The number of rotatable bonds is 13. The number of aliphatic hydroxyl groups is 1. The molecule has 0 saturated heterocycles. The van der Waals surface area contributed by atoms with Gasteiger partial charge in [0.1, 0.15) is 11.6 Å². The van der Waals surface area contributed by atoms with Gasteiger partial charge in [-0.15, -0.1) is 5.48 Å². The Labute approximate surface area is 217 Å². The number of anilines is 1. The summed E-state index contributed by atoms with van der Waals surface area (Å²) < 4.78 is 44.5. The SMILES string of the molecule is C[C@@H](NOc1cc(COCC(N)(CO)Cc2ccccc2)cc(N(C)S(C)(=O)=O)c1)c1ccc(F)cc1. The molecule has 37 heavy (non-hydrogen) atoms. The molecule has 200 valence electrons. The molecule has 0 amide bonds. The first-order valence-corrected chi connectivity index (χ1v) is 13.6. The summed E-state index contributed by atoms with van der Waals surface area (Å²) in [7, 11) is -2.07. The highest BCUT2D eigenvalue weighted by Crippen LogP contribution is 2.26. The Kier molecular flexibility index (Phi) is 9.63. The fourth-order valence-electron chi connectivity index (χ4n) is 3.66. The molecular weight excluding hydrogens is 497 g/mol. The van der Waals surface area contributed by atoms with Crippen molar-refractivity contribution in [3.8, 4) is 5.75 Å². The maximum atomic E-state index is 13.2. The molecule has 4 N–H and O–H groups in total. The number of halogens is 1. The van der Waals surface area contributed by atoms with Gasteiger partial charge < -0.3 is 20.4 Å². The third-order valence-corrected chi connectivity index (χ3v) is 7.11. The Balaban J connectivity index is 1.73. The minimum Gasteiger partial charge on any atom is -0.408 e. The van der Waals surface area contributed by atoms with Gasteiger partial charge in [-0.1, -0.05) is 42.5 Å². The van der Waals surface area contributed by atoms with Crippen LogP contribution in [0.1, 0.15) is 29.7 Å². The molecule has 10 heteroatoms. The van der Waals surface area contributed by atoms with Crippen molar-refractivity contribution in [2.45, 2.75) is 31.5 Å². The van der Waals surface area contributed by atoms with Gasteiger partial charge in [0, 0.05) is 13.1 Å². The number of benzene rings is 3. The van der Waals surface area contributed by atoms with Gasteiger partial charge in [-0.3, -0.25) is 4.31 Å². The molecule has 3 aromatic carbocycles. The van der Waals surface area contributed by atoms with Crippen LogP contribution in [0.15, 0.2) is 72.8 Å². The van der Waals surface area contributed by atoms with Gasteiger partial charge >= 0.3 is 0 Å². The van der Waals surface area contributed by atoms with Crippen LogP contribution < -0.4 is 20.4 Å². The molecule has 0 bridgehead atoms. The van der Waals surface area contributed by atoms with Gasteiger partial charge in [-0.25, -0.2) is 12.8 Å². The van der Waals surface area contributed by atoms with Crippen LogP contribution in [0.5, 0.6) is 5.75 Å². The minimum absolute atomic E-state index is 0.0839. The first-order chi connectivity index (χ1) is 17.5. The topological polar surface area (TPSA) is 114 Å². The van der Waals surface area contributed by atoms with Gasteiger partial charge in [0.25, 0.3) is 0 Å². The molecule has 0 aromatic heterocycles. The van der Waals surface area contributed by atoms with Crippen molar-refractivity contribution in [1.82, 2.24) is 5.48 Å². The zero-order valence-corrected chi connectivity index (χ0v) is 22.0. The molecule has 2 atom stereocenters. The Bertz CT molecular complexity index is 1260. The number of aliphatic hydroxyl groups excluding tert-OH is 1. The van der Waals surface area contributed by atoms with E-state index in [0.29, 0.717) is 23.4 Å². The number of sulfonamides is 1. The molecule has 0 saturated carbocycles. The fraction of sp³-hybridized carbons (Fsp3) is 0.333. The van der Waals surface area contributed by atoms with Crippen LogP contribution in [0.3, 0.4) is 0 Å². The van der Waals surface area contributed by atoms with Gasteiger partial charge in [0.05, 0.1) is 43.3 Å². The van der Waals surface area contributed by atoms with Crippen LogP contribution in [0.4, 0.5) is 10.1 Å². The number of nitrogens with one attached hydrogen (secondary N) is 1. The summed E-state index contributed by atoms with van der Waals surface area (Å²) in [4.78, 5) is 5.76. The molecule has 0 spiro atoms. The molecule has 0 aliphatic rings. The second kappa shape index (κ2) is 12.5. The van der Waals surface area contributed by atoms with Crippen molar-refractivity contribution in [2.75, 3.05) is 30.8 Å². The van der Waals surface area contributed by atoms with Gasteiger partial charge in [0.2, 0.25) is 10.0 Å². The first kappa shape index (κ1) is 28.5. The summed E-state index contributed by atoms with van der Waals surface area (Å²) in [6, 6.07) is 20.4. The van der Waals surface area contributed by atoms with E-state index in [1.807, 2.05) is 37.3 Å². The van der Waals surface area contributed by atoms with E-state index in [9.17, 15) is 17.9 Å². The second-order valence-electron chi connectivity index (χ2n) is 9.23.